The summed E-state index contributed by atoms with van der Waals surface area (Å²) >= 11 is 7.46. The lowest BCUT2D eigenvalue weighted by atomic mass is 9.99. The van der Waals surface area contributed by atoms with Crippen molar-refractivity contribution >= 4 is 29.5 Å². The van der Waals surface area contributed by atoms with Crippen LogP contribution in [0.2, 0.25) is 0 Å². The SMILES string of the molecule is CCOC(=O)[C@@H]1CCC[NH+](Cn2nc(-c3cccs3)n(C3CC3)c2=S)C1. The number of thiophene rings is 1. The fraction of sp³-hybridized carbons (Fsp3) is 0.611. The molecular formula is C18H25N4O2S2+. The molecule has 1 N–H and O–H groups in total. The van der Waals surface area contributed by atoms with E-state index < -0.39 is 0 Å². The molecule has 1 aliphatic heterocycles. The average Bonchev–Trinajstić information content (AvgIpc) is 3.22. The third-order valence-corrected chi connectivity index (χ3v) is 6.41. The normalized spacial score (nSPS) is 23.1. The van der Waals surface area contributed by atoms with E-state index in [9.17, 15) is 4.79 Å². The van der Waals surface area contributed by atoms with Gasteiger partial charge in [-0.2, -0.15) is 4.68 Å². The number of likely N-dealkylation sites (tertiary alicyclic amines) is 1. The second kappa shape index (κ2) is 7.62. The first kappa shape index (κ1) is 17.9. The lowest BCUT2D eigenvalue weighted by Crippen LogP contribution is -3.13. The Morgan fingerprint density at radius 1 is 1.46 bits per heavy atom. The van der Waals surface area contributed by atoms with Crippen molar-refractivity contribution in [3.05, 3.63) is 22.3 Å². The molecule has 2 aliphatic rings. The number of hydrogen-bond acceptors (Lipinski definition) is 5. The van der Waals surface area contributed by atoms with Crippen LogP contribution in [0.5, 0.6) is 0 Å². The van der Waals surface area contributed by atoms with E-state index in [4.69, 9.17) is 22.1 Å². The van der Waals surface area contributed by atoms with Crippen molar-refractivity contribution in [3.63, 3.8) is 0 Å². The highest BCUT2D eigenvalue weighted by molar-refractivity contribution is 7.71. The number of piperidine rings is 1. The molecule has 1 aliphatic carbocycles. The van der Waals surface area contributed by atoms with Gasteiger partial charge in [0.25, 0.3) is 0 Å². The molecule has 8 heteroatoms. The van der Waals surface area contributed by atoms with Crippen LogP contribution in [0.3, 0.4) is 0 Å². The van der Waals surface area contributed by atoms with Gasteiger partial charge in [-0.15, -0.1) is 16.4 Å². The van der Waals surface area contributed by atoms with Crippen LogP contribution in [0.4, 0.5) is 0 Å². The van der Waals surface area contributed by atoms with Crippen molar-refractivity contribution in [1.82, 2.24) is 14.3 Å². The molecule has 1 unspecified atom stereocenters. The molecule has 6 nitrogen and oxygen atoms in total. The molecule has 0 radical (unpaired) electrons. The second-order valence-corrected chi connectivity index (χ2v) is 8.45. The predicted octanol–water partition coefficient (Wildman–Crippen LogP) is 2.29. The van der Waals surface area contributed by atoms with Crippen LogP contribution in [0.1, 0.15) is 38.6 Å². The summed E-state index contributed by atoms with van der Waals surface area (Å²) in [5.74, 6) is 0.928. The van der Waals surface area contributed by atoms with Gasteiger partial charge in [-0.3, -0.25) is 9.36 Å². The van der Waals surface area contributed by atoms with E-state index in [1.807, 2.05) is 11.6 Å². The number of rotatable bonds is 6. The molecule has 0 amide bonds. The summed E-state index contributed by atoms with van der Waals surface area (Å²) in [4.78, 5) is 14.6. The number of hydrogen-bond donors (Lipinski definition) is 1. The summed E-state index contributed by atoms with van der Waals surface area (Å²) in [5.41, 5.74) is 0. The maximum Gasteiger partial charge on any atom is 0.314 e. The topological polar surface area (TPSA) is 53.5 Å². The molecule has 0 spiro atoms. The molecule has 2 atom stereocenters. The molecule has 2 fully saturated rings. The number of quaternary nitrogens is 1. The van der Waals surface area contributed by atoms with Gasteiger partial charge in [0.2, 0.25) is 4.77 Å². The van der Waals surface area contributed by atoms with Crippen LogP contribution >= 0.6 is 23.6 Å². The molecule has 140 valence electrons. The van der Waals surface area contributed by atoms with E-state index in [2.05, 4.69) is 22.1 Å². The Kier molecular flexibility index (Phi) is 5.24. The Bertz CT molecular complexity index is 823. The van der Waals surface area contributed by atoms with Crippen LogP contribution in [0.25, 0.3) is 10.7 Å². The van der Waals surface area contributed by atoms with Gasteiger partial charge in [0.1, 0.15) is 5.92 Å². The lowest BCUT2D eigenvalue weighted by molar-refractivity contribution is -0.930. The highest BCUT2D eigenvalue weighted by Gasteiger charge is 2.32. The van der Waals surface area contributed by atoms with Gasteiger partial charge in [-0.1, -0.05) is 6.07 Å². The number of carbonyl (C=O) groups is 1. The Labute approximate surface area is 162 Å². The van der Waals surface area contributed by atoms with Crippen LogP contribution in [0, 0.1) is 10.7 Å². The third kappa shape index (κ3) is 3.63. The van der Waals surface area contributed by atoms with Gasteiger partial charge in [0, 0.05) is 6.04 Å². The summed E-state index contributed by atoms with van der Waals surface area (Å²) in [7, 11) is 0. The van der Waals surface area contributed by atoms with Crippen LogP contribution in [0.15, 0.2) is 17.5 Å². The zero-order valence-electron chi connectivity index (χ0n) is 15.0. The van der Waals surface area contributed by atoms with E-state index in [0.717, 1.165) is 36.5 Å². The minimum atomic E-state index is -0.0592. The molecule has 4 rings (SSSR count). The first-order valence-corrected chi connectivity index (χ1v) is 10.7. The van der Waals surface area contributed by atoms with Crippen molar-refractivity contribution < 1.29 is 14.4 Å². The molecule has 26 heavy (non-hydrogen) atoms. The zero-order chi connectivity index (χ0) is 18.1. The largest absolute Gasteiger partial charge is 0.466 e. The number of esters is 1. The van der Waals surface area contributed by atoms with Crippen molar-refractivity contribution in [2.75, 3.05) is 19.7 Å². The molecule has 1 saturated heterocycles. The number of nitrogens with one attached hydrogen (secondary N) is 1. The highest BCUT2D eigenvalue weighted by Crippen LogP contribution is 2.39. The van der Waals surface area contributed by atoms with Crippen molar-refractivity contribution in [2.45, 2.75) is 45.3 Å². The van der Waals surface area contributed by atoms with Crippen molar-refractivity contribution in [2.24, 2.45) is 5.92 Å². The minimum Gasteiger partial charge on any atom is -0.466 e. The lowest BCUT2D eigenvalue weighted by Gasteiger charge is -2.28. The van der Waals surface area contributed by atoms with Gasteiger partial charge in [-0.05, 0) is 56.3 Å². The van der Waals surface area contributed by atoms with Crippen LogP contribution < -0.4 is 4.90 Å². The second-order valence-electron chi connectivity index (χ2n) is 7.14. The Morgan fingerprint density at radius 2 is 2.31 bits per heavy atom. The highest BCUT2D eigenvalue weighted by atomic mass is 32.1. The quantitative estimate of drug-likeness (QED) is 0.604. The summed E-state index contributed by atoms with van der Waals surface area (Å²) < 4.78 is 10.2. The van der Waals surface area contributed by atoms with E-state index in [-0.39, 0.29) is 11.9 Å². The summed E-state index contributed by atoms with van der Waals surface area (Å²) in [6.45, 7) is 4.87. The Hall–Kier alpha value is -1.51. The molecule has 0 aromatic carbocycles. The maximum atomic E-state index is 12.1. The third-order valence-electron chi connectivity index (χ3n) is 5.14. The summed E-state index contributed by atoms with van der Waals surface area (Å²) in [5, 5.41) is 6.94. The molecular weight excluding hydrogens is 368 g/mol. The predicted molar refractivity (Wildman–Crippen MR) is 103 cm³/mol. The molecule has 3 heterocycles. The molecule has 1 saturated carbocycles. The zero-order valence-corrected chi connectivity index (χ0v) is 16.7. The van der Waals surface area contributed by atoms with Gasteiger partial charge in [0.15, 0.2) is 12.5 Å². The molecule has 0 bridgehead atoms. The molecule has 2 aromatic heterocycles. The standard InChI is InChI=1S/C18H24N4O2S2/c1-2-24-17(23)13-5-3-9-20(11-13)12-21-18(25)22(14-7-8-14)16(19-21)15-6-4-10-26-15/h4,6,10,13-14H,2-3,5,7-9,11-12H2,1H3/p+1/t13-/m1/s1. The summed E-state index contributed by atoms with van der Waals surface area (Å²) in [6, 6.07) is 4.66. The monoisotopic (exact) mass is 393 g/mol. The van der Waals surface area contributed by atoms with Crippen LogP contribution in [-0.4, -0.2) is 40.0 Å². The van der Waals surface area contributed by atoms with E-state index in [0.29, 0.717) is 19.3 Å². The van der Waals surface area contributed by atoms with E-state index in [1.165, 1.54) is 22.6 Å². The van der Waals surface area contributed by atoms with Gasteiger partial charge in [0.05, 0.1) is 24.6 Å². The minimum absolute atomic E-state index is 0.00449. The number of carbonyl (C=O) groups excluding carboxylic acids is 1. The Morgan fingerprint density at radius 3 is 3.00 bits per heavy atom. The van der Waals surface area contributed by atoms with E-state index in [1.54, 1.807) is 11.3 Å². The van der Waals surface area contributed by atoms with Crippen molar-refractivity contribution in [1.29, 1.82) is 0 Å². The molecule has 2 aromatic rings. The summed E-state index contributed by atoms with van der Waals surface area (Å²) in [6.07, 6.45) is 4.32. The first-order valence-electron chi connectivity index (χ1n) is 9.40. The number of ether oxygens (including phenoxy) is 1. The van der Waals surface area contributed by atoms with Gasteiger partial charge in [-0.25, -0.2) is 0 Å². The Balaban J connectivity index is 1.54. The first-order chi connectivity index (χ1) is 12.7. The number of nitrogens with zero attached hydrogens (tertiary/aromatic N) is 3. The smallest absolute Gasteiger partial charge is 0.314 e. The maximum absolute atomic E-state index is 12.1. The van der Waals surface area contributed by atoms with E-state index >= 15 is 0 Å². The van der Waals surface area contributed by atoms with Crippen LogP contribution in [-0.2, 0) is 16.2 Å². The fourth-order valence-corrected chi connectivity index (χ4v) is 4.77. The van der Waals surface area contributed by atoms with Gasteiger partial charge < -0.3 is 9.64 Å². The van der Waals surface area contributed by atoms with Gasteiger partial charge >= 0.3 is 5.97 Å². The average molecular weight is 394 g/mol. The fourth-order valence-electron chi connectivity index (χ4n) is 3.73. The van der Waals surface area contributed by atoms with Crippen molar-refractivity contribution in [3.8, 4) is 10.7 Å². The number of aromatic nitrogens is 3.